The van der Waals surface area contributed by atoms with Gasteiger partial charge >= 0.3 is 0 Å². The van der Waals surface area contributed by atoms with Crippen LogP contribution >= 0.6 is 15.9 Å². The van der Waals surface area contributed by atoms with Gasteiger partial charge in [0, 0.05) is 11.0 Å². The molecule has 17 heavy (non-hydrogen) atoms. The maximum atomic E-state index is 9.92. The Morgan fingerprint density at radius 2 is 2.12 bits per heavy atom. The molecule has 1 aromatic rings. The van der Waals surface area contributed by atoms with Crippen LogP contribution in [0, 0.1) is 0 Å². The van der Waals surface area contributed by atoms with E-state index in [2.05, 4.69) is 21.2 Å². The molecule has 0 radical (unpaired) electrons. The lowest BCUT2D eigenvalue weighted by molar-refractivity contribution is 0.168. The molecule has 96 valence electrons. The van der Waals surface area contributed by atoms with Gasteiger partial charge in [-0.3, -0.25) is 0 Å². The van der Waals surface area contributed by atoms with Crippen LogP contribution in [0.3, 0.4) is 0 Å². The van der Waals surface area contributed by atoms with Crippen LogP contribution in [0.1, 0.15) is 31.4 Å². The highest BCUT2D eigenvalue weighted by Gasteiger charge is 2.06. The van der Waals surface area contributed by atoms with Crippen LogP contribution < -0.4 is 5.32 Å². The second-order valence-electron chi connectivity index (χ2n) is 4.27. The average Bonchev–Trinajstić information content (AvgIpc) is 2.28. The SMILES string of the molecule is CC(O)CCCNCC(O)c1cccc(Br)c1. The Morgan fingerprint density at radius 1 is 1.35 bits per heavy atom. The van der Waals surface area contributed by atoms with Crippen LogP contribution in [-0.2, 0) is 0 Å². The predicted octanol–water partition coefficient (Wildman–Crippen LogP) is 2.23. The fourth-order valence-corrected chi connectivity index (χ4v) is 2.01. The molecular weight excluding hydrogens is 282 g/mol. The Labute approximate surface area is 111 Å². The highest BCUT2D eigenvalue weighted by molar-refractivity contribution is 9.10. The number of aliphatic hydroxyl groups is 2. The summed E-state index contributed by atoms with van der Waals surface area (Å²) < 4.78 is 0.975. The van der Waals surface area contributed by atoms with Crippen molar-refractivity contribution in [2.24, 2.45) is 0 Å². The smallest absolute Gasteiger partial charge is 0.0914 e. The van der Waals surface area contributed by atoms with Crippen molar-refractivity contribution in [3.05, 3.63) is 34.3 Å². The largest absolute Gasteiger partial charge is 0.393 e. The van der Waals surface area contributed by atoms with Crippen molar-refractivity contribution in [1.82, 2.24) is 5.32 Å². The molecule has 0 heterocycles. The normalized spacial score (nSPS) is 14.6. The number of aliphatic hydroxyl groups excluding tert-OH is 2. The van der Waals surface area contributed by atoms with Crippen LogP contribution in [0.4, 0.5) is 0 Å². The lowest BCUT2D eigenvalue weighted by Crippen LogP contribution is -2.23. The molecule has 4 heteroatoms. The standard InChI is InChI=1S/C13H20BrNO2/c1-10(16)4-3-7-15-9-13(17)11-5-2-6-12(14)8-11/h2,5-6,8,10,13,15-17H,3-4,7,9H2,1H3. The molecule has 0 saturated heterocycles. The fraction of sp³-hybridized carbons (Fsp3) is 0.538. The first kappa shape index (κ1) is 14.6. The molecule has 1 aromatic carbocycles. The third-order valence-corrected chi connectivity index (χ3v) is 3.04. The fourth-order valence-electron chi connectivity index (χ4n) is 1.59. The van der Waals surface area contributed by atoms with Crippen LogP contribution in [0.5, 0.6) is 0 Å². The monoisotopic (exact) mass is 301 g/mol. The van der Waals surface area contributed by atoms with Gasteiger partial charge in [0.2, 0.25) is 0 Å². The molecule has 2 unspecified atom stereocenters. The Kier molecular flexibility index (Phi) is 6.73. The van der Waals surface area contributed by atoms with Crippen LogP contribution in [0.15, 0.2) is 28.7 Å². The third kappa shape index (κ3) is 6.17. The van der Waals surface area contributed by atoms with Crippen molar-refractivity contribution >= 4 is 15.9 Å². The van der Waals surface area contributed by atoms with Crippen molar-refractivity contribution in [3.8, 4) is 0 Å². The lowest BCUT2D eigenvalue weighted by Gasteiger charge is -2.12. The number of nitrogens with one attached hydrogen (secondary N) is 1. The molecule has 0 spiro atoms. The molecule has 3 nitrogen and oxygen atoms in total. The van der Waals surface area contributed by atoms with Gasteiger partial charge in [-0.05, 0) is 44.0 Å². The lowest BCUT2D eigenvalue weighted by atomic mass is 10.1. The minimum absolute atomic E-state index is 0.244. The number of hydrogen-bond acceptors (Lipinski definition) is 3. The highest BCUT2D eigenvalue weighted by Crippen LogP contribution is 2.17. The first-order valence-corrected chi connectivity index (χ1v) is 6.71. The molecule has 2 atom stereocenters. The van der Waals surface area contributed by atoms with Crippen LogP contribution in [-0.4, -0.2) is 29.4 Å². The summed E-state index contributed by atoms with van der Waals surface area (Å²) in [6.45, 7) is 3.14. The van der Waals surface area contributed by atoms with Gasteiger partial charge in [-0.25, -0.2) is 0 Å². The van der Waals surface area contributed by atoms with Gasteiger partial charge in [0.1, 0.15) is 0 Å². The molecule has 3 N–H and O–H groups in total. The molecule has 1 rings (SSSR count). The summed E-state index contributed by atoms with van der Waals surface area (Å²) in [7, 11) is 0. The summed E-state index contributed by atoms with van der Waals surface area (Å²) in [5, 5.41) is 22.2. The zero-order valence-electron chi connectivity index (χ0n) is 10.1. The van der Waals surface area contributed by atoms with E-state index < -0.39 is 6.10 Å². The highest BCUT2D eigenvalue weighted by atomic mass is 79.9. The molecular formula is C13H20BrNO2. The number of hydrogen-bond donors (Lipinski definition) is 3. The summed E-state index contributed by atoms with van der Waals surface area (Å²) in [6.07, 6.45) is 0.980. The molecule has 0 saturated carbocycles. The van der Waals surface area contributed by atoms with Gasteiger partial charge in [-0.1, -0.05) is 28.1 Å². The van der Waals surface area contributed by atoms with Crippen molar-refractivity contribution in [1.29, 1.82) is 0 Å². The third-order valence-electron chi connectivity index (χ3n) is 2.55. The second-order valence-corrected chi connectivity index (χ2v) is 5.18. The van der Waals surface area contributed by atoms with Crippen molar-refractivity contribution in [3.63, 3.8) is 0 Å². The van der Waals surface area contributed by atoms with E-state index in [4.69, 9.17) is 5.11 Å². The minimum atomic E-state index is -0.487. The Hall–Kier alpha value is -0.420. The van der Waals surface area contributed by atoms with Gasteiger partial charge in [0.05, 0.1) is 12.2 Å². The second kappa shape index (κ2) is 7.82. The Balaban J connectivity index is 2.23. The molecule has 0 amide bonds. The molecule has 0 aromatic heterocycles. The Bertz CT molecular complexity index is 331. The molecule has 0 fully saturated rings. The predicted molar refractivity (Wildman–Crippen MR) is 72.9 cm³/mol. The van der Waals surface area contributed by atoms with E-state index in [-0.39, 0.29) is 6.10 Å². The summed E-state index contributed by atoms with van der Waals surface area (Å²) in [6, 6.07) is 7.68. The van der Waals surface area contributed by atoms with Crippen molar-refractivity contribution < 1.29 is 10.2 Å². The summed E-state index contributed by atoms with van der Waals surface area (Å²) in [4.78, 5) is 0. The van der Waals surface area contributed by atoms with Crippen molar-refractivity contribution in [2.75, 3.05) is 13.1 Å². The quantitative estimate of drug-likeness (QED) is 0.677. The maximum Gasteiger partial charge on any atom is 0.0914 e. The van der Waals surface area contributed by atoms with Crippen LogP contribution in [0.2, 0.25) is 0 Å². The van der Waals surface area contributed by atoms with E-state index in [1.165, 1.54) is 0 Å². The average molecular weight is 302 g/mol. The number of halogens is 1. The van der Waals surface area contributed by atoms with Gasteiger partial charge in [-0.2, -0.15) is 0 Å². The van der Waals surface area contributed by atoms with E-state index in [1.807, 2.05) is 24.3 Å². The van der Waals surface area contributed by atoms with Gasteiger partial charge in [0.15, 0.2) is 0 Å². The van der Waals surface area contributed by atoms with E-state index in [9.17, 15) is 5.11 Å². The van der Waals surface area contributed by atoms with E-state index in [0.717, 1.165) is 29.4 Å². The molecule has 0 aliphatic carbocycles. The molecule has 0 bridgehead atoms. The molecule has 0 aliphatic heterocycles. The number of rotatable bonds is 7. The molecule has 0 aliphatic rings. The van der Waals surface area contributed by atoms with Crippen molar-refractivity contribution in [2.45, 2.75) is 32.0 Å². The number of benzene rings is 1. The van der Waals surface area contributed by atoms with Gasteiger partial charge in [-0.15, -0.1) is 0 Å². The van der Waals surface area contributed by atoms with E-state index in [1.54, 1.807) is 6.92 Å². The summed E-state index contributed by atoms with van der Waals surface area (Å²) in [5.41, 5.74) is 0.905. The summed E-state index contributed by atoms with van der Waals surface area (Å²) in [5.74, 6) is 0. The summed E-state index contributed by atoms with van der Waals surface area (Å²) >= 11 is 3.38. The maximum absolute atomic E-state index is 9.92. The first-order valence-electron chi connectivity index (χ1n) is 5.92. The topological polar surface area (TPSA) is 52.5 Å². The van der Waals surface area contributed by atoms with E-state index >= 15 is 0 Å². The zero-order valence-corrected chi connectivity index (χ0v) is 11.7. The first-order chi connectivity index (χ1) is 8.09. The van der Waals surface area contributed by atoms with Crippen LogP contribution in [0.25, 0.3) is 0 Å². The van der Waals surface area contributed by atoms with E-state index in [0.29, 0.717) is 6.54 Å². The van der Waals surface area contributed by atoms with Gasteiger partial charge in [0.25, 0.3) is 0 Å². The van der Waals surface area contributed by atoms with Gasteiger partial charge < -0.3 is 15.5 Å². The Morgan fingerprint density at radius 3 is 2.76 bits per heavy atom. The minimum Gasteiger partial charge on any atom is -0.393 e. The zero-order chi connectivity index (χ0) is 12.7.